The van der Waals surface area contributed by atoms with Crippen molar-refractivity contribution in [3.63, 3.8) is 0 Å². The minimum atomic E-state index is -0.897. The highest BCUT2D eigenvalue weighted by Crippen LogP contribution is 2.54. The van der Waals surface area contributed by atoms with Gasteiger partial charge in [0.05, 0.1) is 0 Å². The van der Waals surface area contributed by atoms with Gasteiger partial charge in [-0.3, -0.25) is 9.59 Å². The van der Waals surface area contributed by atoms with E-state index in [0.29, 0.717) is 40.4 Å². The summed E-state index contributed by atoms with van der Waals surface area (Å²) in [5, 5.41) is 8.13. The SMILES string of the molecule is O=C(CC1CC1)N[C@@]12CC[C@@H](c3ccc(Cl)cc3Cl)[C@H](c3ccc(Cl)cc3)[C@@H]1CNC2=O. The topological polar surface area (TPSA) is 58.2 Å². The zero-order chi connectivity index (χ0) is 22.5. The van der Waals surface area contributed by atoms with Gasteiger partial charge in [0.2, 0.25) is 11.8 Å². The summed E-state index contributed by atoms with van der Waals surface area (Å²) in [6.45, 7) is 0.511. The van der Waals surface area contributed by atoms with Crippen LogP contribution in [0.1, 0.15) is 55.1 Å². The van der Waals surface area contributed by atoms with E-state index in [1.807, 2.05) is 36.4 Å². The molecule has 0 spiro atoms. The van der Waals surface area contributed by atoms with Crippen molar-refractivity contribution in [1.82, 2.24) is 10.6 Å². The van der Waals surface area contributed by atoms with Crippen molar-refractivity contribution in [3.05, 3.63) is 68.7 Å². The maximum absolute atomic E-state index is 13.2. The molecule has 0 radical (unpaired) electrons. The fourth-order valence-electron chi connectivity index (χ4n) is 5.68. The monoisotopic (exact) mass is 490 g/mol. The molecule has 2 aromatic carbocycles. The summed E-state index contributed by atoms with van der Waals surface area (Å²) in [5.41, 5.74) is 1.21. The Morgan fingerprint density at radius 2 is 1.75 bits per heavy atom. The minimum absolute atomic E-state index is 0.0140. The molecule has 2 aromatic rings. The zero-order valence-electron chi connectivity index (χ0n) is 17.5. The van der Waals surface area contributed by atoms with Crippen LogP contribution in [0, 0.1) is 11.8 Å². The first-order chi connectivity index (χ1) is 15.4. The molecule has 4 atom stereocenters. The van der Waals surface area contributed by atoms with Crippen LogP contribution in [0.3, 0.4) is 0 Å². The molecule has 1 saturated heterocycles. The number of fused-ring (bicyclic) bond motifs is 1. The molecule has 2 N–H and O–H groups in total. The largest absolute Gasteiger partial charge is 0.354 e. The summed E-state index contributed by atoms with van der Waals surface area (Å²) in [6.07, 6.45) is 4.00. The molecule has 168 valence electrons. The molecular formula is C25H25Cl3N2O2. The lowest BCUT2D eigenvalue weighted by Gasteiger charge is -2.47. The van der Waals surface area contributed by atoms with E-state index >= 15 is 0 Å². The molecule has 2 amide bonds. The van der Waals surface area contributed by atoms with E-state index in [1.165, 1.54) is 0 Å². The van der Waals surface area contributed by atoms with Crippen molar-refractivity contribution in [2.75, 3.05) is 6.54 Å². The number of rotatable bonds is 5. The van der Waals surface area contributed by atoms with Crippen LogP contribution in [0.15, 0.2) is 42.5 Å². The van der Waals surface area contributed by atoms with E-state index in [4.69, 9.17) is 34.8 Å². The third kappa shape index (κ3) is 4.02. The van der Waals surface area contributed by atoms with Gasteiger partial charge in [0.25, 0.3) is 0 Å². The van der Waals surface area contributed by atoms with Crippen molar-refractivity contribution < 1.29 is 9.59 Å². The molecule has 2 aliphatic carbocycles. The highest BCUT2D eigenvalue weighted by molar-refractivity contribution is 6.35. The molecule has 32 heavy (non-hydrogen) atoms. The summed E-state index contributed by atoms with van der Waals surface area (Å²) < 4.78 is 0. The zero-order valence-corrected chi connectivity index (χ0v) is 19.8. The highest BCUT2D eigenvalue weighted by Gasteiger charge is 2.58. The van der Waals surface area contributed by atoms with Gasteiger partial charge in [0, 0.05) is 34.0 Å². The summed E-state index contributed by atoms with van der Waals surface area (Å²) in [7, 11) is 0. The van der Waals surface area contributed by atoms with Crippen LogP contribution in [0.4, 0.5) is 0 Å². The number of carbonyl (C=O) groups excluding carboxylic acids is 2. The van der Waals surface area contributed by atoms with E-state index in [9.17, 15) is 9.59 Å². The number of amides is 2. The Labute approximate surface area is 203 Å². The Morgan fingerprint density at radius 1 is 1.03 bits per heavy atom. The molecule has 4 nitrogen and oxygen atoms in total. The van der Waals surface area contributed by atoms with Crippen LogP contribution >= 0.6 is 34.8 Å². The predicted octanol–water partition coefficient (Wildman–Crippen LogP) is 5.71. The van der Waals surface area contributed by atoms with Crippen molar-refractivity contribution in [2.24, 2.45) is 11.8 Å². The van der Waals surface area contributed by atoms with Crippen LogP contribution in [-0.2, 0) is 9.59 Å². The first-order valence-electron chi connectivity index (χ1n) is 11.2. The Bertz CT molecular complexity index is 1050. The number of halogens is 3. The molecule has 3 aliphatic rings. The first kappa shape index (κ1) is 22.1. The second kappa shape index (κ2) is 8.55. The maximum Gasteiger partial charge on any atom is 0.246 e. The van der Waals surface area contributed by atoms with Crippen molar-refractivity contribution in [1.29, 1.82) is 0 Å². The maximum atomic E-state index is 13.2. The van der Waals surface area contributed by atoms with E-state index in [1.54, 1.807) is 6.07 Å². The van der Waals surface area contributed by atoms with Crippen LogP contribution < -0.4 is 10.6 Å². The van der Waals surface area contributed by atoms with Crippen LogP contribution in [0.25, 0.3) is 0 Å². The quantitative estimate of drug-likeness (QED) is 0.563. The lowest BCUT2D eigenvalue weighted by Crippen LogP contribution is -2.60. The standard InChI is InChI=1S/C25H25Cl3N2O2/c26-16-5-3-15(4-6-16)23-19(18-8-7-17(27)12-21(18)28)9-10-25(20(23)13-29-24(25)32)30-22(31)11-14-1-2-14/h3-8,12,14,19-20,23H,1-2,9-11,13H2,(H,29,32)(H,30,31)/t19-,20-,23-,25-/m0/s1. The molecule has 1 heterocycles. The Balaban J connectivity index is 1.55. The molecule has 7 heteroatoms. The lowest BCUT2D eigenvalue weighted by atomic mass is 9.60. The molecule has 0 bridgehead atoms. The summed E-state index contributed by atoms with van der Waals surface area (Å²) in [5.74, 6) is 0.348. The Morgan fingerprint density at radius 3 is 2.44 bits per heavy atom. The minimum Gasteiger partial charge on any atom is -0.354 e. The average molecular weight is 492 g/mol. The molecule has 3 fully saturated rings. The second-order valence-electron chi connectivity index (χ2n) is 9.37. The van der Waals surface area contributed by atoms with Crippen LogP contribution in [-0.4, -0.2) is 23.9 Å². The Kier molecular flexibility index (Phi) is 5.90. The van der Waals surface area contributed by atoms with Gasteiger partial charge in [-0.05, 0) is 78.8 Å². The van der Waals surface area contributed by atoms with E-state index < -0.39 is 5.54 Å². The second-order valence-corrected chi connectivity index (χ2v) is 10.7. The summed E-state index contributed by atoms with van der Waals surface area (Å²) in [4.78, 5) is 26.0. The fraction of sp³-hybridized carbons (Fsp3) is 0.440. The van der Waals surface area contributed by atoms with Crippen molar-refractivity contribution in [3.8, 4) is 0 Å². The molecule has 0 aromatic heterocycles. The van der Waals surface area contributed by atoms with Crippen LogP contribution in [0.2, 0.25) is 15.1 Å². The smallest absolute Gasteiger partial charge is 0.246 e. The van der Waals surface area contributed by atoms with Gasteiger partial charge >= 0.3 is 0 Å². The number of carbonyl (C=O) groups is 2. The molecule has 5 rings (SSSR count). The molecular weight excluding hydrogens is 467 g/mol. The van der Waals surface area contributed by atoms with Gasteiger partial charge in [-0.1, -0.05) is 53.0 Å². The third-order valence-electron chi connectivity index (χ3n) is 7.39. The van der Waals surface area contributed by atoms with E-state index in [-0.39, 0.29) is 29.6 Å². The number of nitrogens with one attached hydrogen (secondary N) is 2. The fourth-order valence-corrected chi connectivity index (χ4v) is 6.35. The molecule has 2 saturated carbocycles. The van der Waals surface area contributed by atoms with Gasteiger partial charge in [-0.15, -0.1) is 0 Å². The van der Waals surface area contributed by atoms with Gasteiger partial charge in [-0.2, -0.15) is 0 Å². The normalized spacial score (nSPS) is 29.3. The summed E-state index contributed by atoms with van der Waals surface area (Å²) >= 11 is 19.0. The number of hydrogen-bond acceptors (Lipinski definition) is 2. The van der Waals surface area contributed by atoms with Gasteiger partial charge in [0.15, 0.2) is 0 Å². The van der Waals surface area contributed by atoms with Gasteiger partial charge < -0.3 is 10.6 Å². The van der Waals surface area contributed by atoms with Gasteiger partial charge in [-0.25, -0.2) is 0 Å². The average Bonchev–Trinajstić information content (AvgIpc) is 3.51. The molecule has 1 aliphatic heterocycles. The molecule has 0 unspecified atom stereocenters. The van der Waals surface area contributed by atoms with Crippen LogP contribution in [0.5, 0.6) is 0 Å². The first-order valence-corrected chi connectivity index (χ1v) is 12.3. The summed E-state index contributed by atoms with van der Waals surface area (Å²) in [6, 6.07) is 13.4. The van der Waals surface area contributed by atoms with Crippen molar-refractivity contribution >= 4 is 46.6 Å². The van der Waals surface area contributed by atoms with E-state index in [2.05, 4.69) is 10.6 Å². The Hall–Kier alpha value is -1.75. The highest BCUT2D eigenvalue weighted by atomic mass is 35.5. The predicted molar refractivity (Wildman–Crippen MR) is 127 cm³/mol. The van der Waals surface area contributed by atoms with Crippen molar-refractivity contribution in [2.45, 2.75) is 49.5 Å². The third-order valence-corrected chi connectivity index (χ3v) is 8.20. The van der Waals surface area contributed by atoms with E-state index in [0.717, 1.165) is 30.4 Å². The number of hydrogen-bond donors (Lipinski definition) is 2. The lowest BCUT2D eigenvalue weighted by molar-refractivity contribution is -0.134. The number of benzene rings is 2. The van der Waals surface area contributed by atoms with Gasteiger partial charge in [0.1, 0.15) is 5.54 Å².